The van der Waals surface area contributed by atoms with Crippen molar-refractivity contribution < 1.29 is 60.5 Å². The van der Waals surface area contributed by atoms with Crippen molar-refractivity contribution in [2.24, 2.45) is 0 Å². The van der Waals surface area contributed by atoms with Crippen molar-refractivity contribution in [3.63, 3.8) is 0 Å². The summed E-state index contributed by atoms with van der Waals surface area (Å²) in [6.45, 7) is -1.81. The summed E-state index contributed by atoms with van der Waals surface area (Å²) in [6.07, 6.45) is -16.6. The predicted octanol–water partition coefficient (Wildman–Crippen LogP) is -6.69. The smallest absolute Gasteiger partial charge is 0.232 e. The summed E-state index contributed by atoms with van der Waals surface area (Å²) in [4.78, 5) is 0. The van der Waals surface area contributed by atoms with E-state index in [0.29, 0.717) is 0 Å². The first-order valence-corrected chi connectivity index (χ1v) is 7.14. The highest BCUT2D eigenvalue weighted by Crippen LogP contribution is 2.43. The number of rotatable bonds is 3. The topological polar surface area (TPSA) is 221 Å². The molecule has 0 saturated carbocycles. The van der Waals surface area contributed by atoms with E-state index in [1.807, 2.05) is 0 Å². The quantitative estimate of drug-likeness (QED) is 0.227. The van der Waals surface area contributed by atoms with Gasteiger partial charge in [-0.25, -0.2) is 0 Å². The third kappa shape index (κ3) is 2.56. The fraction of sp³-hybridized carbons (Fsp3) is 1.00. The van der Waals surface area contributed by atoms with Crippen LogP contribution in [0, 0.1) is 0 Å². The Kier molecular flexibility index (Phi) is 5.52. The van der Waals surface area contributed by atoms with E-state index < -0.39 is 73.6 Å². The van der Waals surface area contributed by atoms with E-state index in [1.54, 1.807) is 0 Å². The molecule has 0 aromatic rings. The van der Waals surface area contributed by atoms with Crippen LogP contribution in [0.15, 0.2) is 0 Å². The summed E-state index contributed by atoms with van der Waals surface area (Å²) in [5.74, 6) is -3.35. The predicted molar refractivity (Wildman–Crippen MR) is 69.9 cm³/mol. The van der Waals surface area contributed by atoms with Crippen LogP contribution in [0.3, 0.4) is 0 Å². The van der Waals surface area contributed by atoms with Crippen molar-refractivity contribution in [2.75, 3.05) is 13.2 Å². The molecule has 0 aromatic heterocycles. The van der Waals surface area contributed by atoms with Gasteiger partial charge in [0.25, 0.3) is 0 Å². The minimum atomic E-state index is -3.35. The summed E-state index contributed by atoms with van der Waals surface area (Å²) in [7, 11) is 0. The zero-order valence-corrected chi connectivity index (χ0v) is 12.3. The van der Waals surface area contributed by atoms with Crippen molar-refractivity contribution in [2.45, 2.75) is 60.4 Å². The molecule has 2 rings (SSSR count). The fourth-order valence-corrected chi connectivity index (χ4v) is 2.98. The second-order valence-electron chi connectivity index (χ2n) is 5.93. The molecule has 0 aromatic carbocycles. The van der Waals surface area contributed by atoms with Gasteiger partial charge in [0.1, 0.15) is 42.7 Å². The van der Waals surface area contributed by atoms with Gasteiger partial charge in [0, 0.05) is 0 Å². The molecule has 12 heteroatoms. The summed E-state index contributed by atoms with van der Waals surface area (Å²) in [6, 6.07) is 0. The van der Waals surface area contributed by atoms with Gasteiger partial charge in [-0.3, -0.25) is 0 Å². The first kappa shape index (κ1) is 19.8. The van der Waals surface area contributed by atoms with Crippen molar-refractivity contribution in [3.05, 3.63) is 0 Å². The molecule has 2 aliphatic rings. The molecule has 24 heavy (non-hydrogen) atoms. The van der Waals surface area contributed by atoms with Gasteiger partial charge < -0.3 is 60.5 Å². The fourth-order valence-electron chi connectivity index (χ4n) is 2.98. The van der Waals surface area contributed by atoms with Gasteiger partial charge in [0.15, 0.2) is 6.29 Å². The average Bonchev–Trinajstić information content (AvgIpc) is 2.57. The maximum Gasteiger partial charge on any atom is 0.232 e. The Balaban J connectivity index is 2.45. The first-order valence-electron chi connectivity index (χ1n) is 7.14. The van der Waals surface area contributed by atoms with E-state index in [4.69, 9.17) is 19.7 Å². The van der Waals surface area contributed by atoms with E-state index in [2.05, 4.69) is 0 Å². The normalized spacial score (nSPS) is 56.2. The highest BCUT2D eigenvalue weighted by Gasteiger charge is 2.72. The molecule has 2 aliphatic heterocycles. The lowest BCUT2D eigenvalue weighted by molar-refractivity contribution is -0.461. The maximum absolute atomic E-state index is 10.6. The third-order valence-electron chi connectivity index (χ3n) is 4.56. The minimum Gasteiger partial charge on any atom is -0.394 e. The van der Waals surface area contributed by atoms with Crippen LogP contribution in [0.5, 0.6) is 0 Å². The van der Waals surface area contributed by atoms with Crippen LogP contribution in [-0.2, 0) is 9.47 Å². The lowest BCUT2D eigenvalue weighted by Gasteiger charge is -2.57. The Hall–Kier alpha value is -0.480. The minimum absolute atomic E-state index is 0.853. The van der Waals surface area contributed by atoms with E-state index >= 15 is 0 Å². The van der Waals surface area contributed by atoms with Crippen molar-refractivity contribution >= 4 is 0 Å². The van der Waals surface area contributed by atoms with Crippen molar-refractivity contribution in [1.29, 1.82) is 0 Å². The van der Waals surface area contributed by atoms with Crippen LogP contribution in [0.2, 0.25) is 0 Å². The third-order valence-corrected chi connectivity index (χ3v) is 4.56. The molecule has 12 nitrogen and oxygen atoms in total. The number of aliphatic hydroxyl groups is 10. The second kappa shape index (κ2) is 6.68. The van der Waals surface area contributed by atoms with Gasteiger partial charge in [0.05, 0.1) is 13.2 Å². The summed E-state index contributed by atoms with van der Waals surface area (Å²) in [5, 5.41) is 98.7. The lowest BCUT2D eigenvalue weighted by Crippen LogP contribution is -2.82. The van der Waals surface area contributed by atoms with Crippen molar-refractivity contribution in [3.8, 4) is 0 Å². The van der Waals surface area contributed by atoms with Crippen LogP contribution < -0.4 is 0 Å². The van der Waals surface area contributed by atoms with E-state index in [-0.39, 0.29) is 0 Å². The van der Waals surface area contributed by atoms with Crippen LogP contribution in [-0.4, -0.2) is 125 Å². The monoisotopic (exact) mass is 358 g/mol. The van der Waals surface area contributed by atoms with Gasteiger partial charge in [-0.2, -0.15) is 0 Å². The molecule has 10 N–H and O–H groups in total. The molecule has 0 aliphatic carbocycles. The van der Waals surface area contributed by atoms with Crippen LogP contribution in [0.4, 0.5) is 0 Å². The number of hydrogen-bond acceptors (Lipinski definition) is 12. The second-order valence-corrected chi connectivity index (χ2v) is 5.93. The zero-order valence-electron chi connectivity index (χ0n) is 12.3. The van der Waals surface area contributed by atoms with Crippen LogP contribution >= 0.6 is 0 Å². The Bertz CT molecular complexity index is 448. The summed E-state index contributed by atoms with van der Waals surface area (Å²) < 4.78 is 9.56. The van der Waals surface area contributed by atoms with E-state index in [1.165, 1.54) is 0 Å². The molecule has 2 fully saturated rings. The number of hydrogen-bond donors (Lipinski definition) is 10. The average molecular weight is 358 g/mol. The van der Waals surface area contributed by atoms with E-state index in [9.17, 15) is 40.9 Å². The summed E-state index contributed by atoms with van der Waals surface area (Å²) in [5.41, 5.74) is -3.30. The molecule has 1 unspecified atom stereocenters. The maximum atomic E-state index is 10.6. The Morgan fingerprint density at radius 3 is 1.75 bits per heavy atom. The van der Waals surface area contributed by atoms with Gasteiger partial charge in [0.2, 0.25) is 11.4 Å². The van der Waals surface area contributed by atoms with Gasteiger partial charge in [-0.05, 0) is 0 Å². The number of ether oxygens (including phenoxy) is 2. The molecule has 2 saturated heterocycles. The lowest BCUT2D eigenvalue weighted by atomic mass is 9.74. The number of aliphatic hydroxyl groups excluding tert-OH is 8. The zero-order chi connectivity index (χ0) is 18.4. The Labute approximate surface area is 135 Å². The van der Waals surface area contributed by atoms with Gasteiger partial charge >= 0.3 is 0 Å². The molecule has 142 valence electrons. The molecular weight excluding hydrogens is 336 g/mol. The first-order chi connectivity index (χ1) is 11.1. The SMILES string of the molecule is OC[C@H]1OC(O)([C@]2(O)[C@@H](O)O[C@H](CO)[C@@H](O)[C@@H]2O)[C@H](O)[C@@H](O)[C@H]1O. The summed E-state index contributed by atoms with van der Waals surface area (Å²) >= 11 is 0. The van der Waals surface area contributed by atoms with E-state index in [0.717, 1.165) is 0 Å². The van der Waals surface area contributed by atoms with Crippen LogP contribution in [0.25, 0.3) is 0 Å². The van der Waals surface area contributed by atoms with Gasteiger partial charge in [-0.1, -0.05) is 0 Å². The molecule has 0 spiro atoms. The Morgan fingerprint density at radius 2 is 1.25 bits per heavy atom. The molecule has 10 atom stereocenters. The standard InChI is InChI=1S/C12H22O12/c13-1-3-6(16)8(18)11(21,10(20)23-3)12(22)9(19)7(17)5(15)4(2-14)24-12/h3-10,13-22H,1-2H2/t3-,4-,5+,6-,7+,8+,9-,10+,11-,12?/m1/s1. The van der Waals surface area contributed by atoms with Gasteiger partial charge in [-0.15, -0.1) is 0 Å². The molecular formula is C12H22O12. The highest BCUT2D eigenvalue weighted by molar-refractivity contribution is 5.14. The molecule has 0 amide bonds. The van der Waals surface area contributed by atoms with Crippen molar-refractivity contribution in [1.82, 2.24) is 0 Å². The molecule has 0 radical (unpaired) electrons. The largest absolute Gasteiger partial charge is 0.394 e. The molecule has 2 heterocycles. The highest BCUT2D eigenvalue weighted by atomic mass is 16.7. The molecule has 0 bridgehead atoms. The Morgan fingerprint density at radius 1 is 0.708 bits per heavy atom. The van der Waals surface area contributed by atoms with Crippen LogP contribution in [0.1, 0.15) is 0 Å².